The van der Waals surface area contributed by atoms with Crippen LogP contribution in [0.2, 0.25) is 0 Å². The van der Waals surface area contributed by atoms with E-state index in [-0.39, 0.29) is 22.5 Å². The lowest BCUT2D eigenvalue weighted by Crippen LogP contribution is -2.37. The first-order valence-electron chi connectivity index (χ1n) is 10.6. The largest absolute Gasteiger partial charge is 0.454 e. The lowest BCUT2D eigenvalue weighted by Gasteiger charge is -2.41. The van der Waals surface area contributed by atoms with Gasteiger partial charge in [-0.1, -0.05) is 31.4 Å². The second-order valence-electron chi connectivity index (χ2n) is 8.76. The summed E-state index contributed by atoms with van der Waals surface area (Å²) in [5.41, 5.74) is 0.746. The number of carbonyl (C=O) groups excluding carboxylic acids is 1. The van der Waals surface area contributed by atoms with Gasteiger partial charge in [-0.3, -0.25) is 10.1 Å². The van der Waals surface area contributed by atoms with Crippen molar-refractivity contribution in [3.63, 3.8) is 0 Å². The van der Waals surface area contributed by atoms with Crippen molar-refractivity contribution in [2.75, 3.05) is 20.6 Å². The number of non-ortho nitro benzene ring substituents is 1. The van der Waals surface area contributed by atoms with E-state index >= 15 is 0 Å². The molecule has 0 radical (unpaired) electrons. The van der Waals surface area contributed by atoms with Gasteiger partial charge in [0.15, 0.2) is 0 Å². The number of nitro benzene ring substituents is 1. The average Bonchev–Trinajstić information content (AvgIpc) is 2.73. The number of carbonyl (C=O) groups is 1. The molecule has 0 aromatic heterocycles. The highest BCUT2D eigenvalue weighted by atomic mass is 19.1. The van der Waals surface area contributed by atoms with Gasteiger partial charge in [0.05, 0.1) is 10.5 Å². The Kier molecular flexibility index (Phi) is 7.38. The molecule has 1 fully saturated rings. The van der Waals surface area contributed by atoms with E-state index in [0.717, 1.165) is 32.2 Å². The number of nitrogens with zero attached hydrogens (tertiary/aromatic N) is 2. The smallest absolute Gasteiger partial charge is 0.338 e. The summed E-state index contributed by atoms with van der Waals surface area (Å²) in [5, 5.41) is 10.9. The van der Waals surface area contributed by atoms with Gasteiger partial charge in [-0.25, -0.2) is 9.18 Å². The van der Waals surface area contributed by atoms with Gasteiger partial charge in [-0.2, -0.15) is 0 Å². The number of rotatable bonds is 8. The highest BCUT2D eigenvalue weighted by molar-refractivity contribution is 5.89. The number of hydrogen-bond donors (Lipinski definition) is 0. The van der Waals surface area contributed by atoms with Crippen molar-refractivity contribution >= 4 is 11.7 Å². The van der Waals surface area contributed by atoms with Crippen LogP contribution in [0.5, 0.6) is 0 Å². The Bertz CT molecular complexity index is 908. The second kappa shape index (κ2) is 10.0. The summed E-state index contributed by atoms with van der Waals surface area (Å²) in [4.78, 5) is 25.4. The lowest BCUT2D eigenvalue weighted by atomic mass is 9.69. The fourth-order valence-electron chi connectivity index (χ4n) is 4.64. The van der Waals surface area contributed by atoms with E-state index in [1.54, 1.807) is 12.1 Å². The molecule has 31 heavy (non-hydrogen) atoms. The zero-order valence-corrected chi connectivity index (χ0v) is 18.1. The van der Waals surface area contributed by atoms with Gasteiger partial charge < -0.3 is 9.64 Å². The Hall–Kier alpha value is -2.80. The van der Waals surface area contributed by atoms with E-state index in [9.17, 15) is 19.3 Å². The summed E-state index contributed by atoms with van der Waals surface area (Å²) >= 11 is 0. The van der Waals surface area contributed by atoms with Crippen LogP contribution in [0.1, 0.15) is 60.6 Å². The number of halogens is 1. The van der Waals surface area contributed by atoms with Crippen LogP contribution in [-0.4, -0.2) is 36.4 Å². The molecule has 1 saturated carbocycles. The molecule has 0 bridgehead atoms. The van der Waals surface area contributed by atoms with E-state index in [4.69, 9.17) is 4.74 Å². The number of esters is 1. The molecule has 7 heteroatoms. The second-order valence-corrected chi connectivity index (χ2v) is 8.76. The highest BCUT2D eigenvalue weighted by Crippen LogP contribution is 2.44. The van der Waals surface area contributed by atoms with Gasteiger partial charge in [0.25, 0.3) is 5.69 Å². The fraction of sp³-hybridized carbons (Fsp3) is 0.458. The van der Waals surface area contributed by atoms with Gasteiger partial charge >= 0.3 is 5.97 Å². The molecule has 0 heterocycles. The minimum absolute atomic E-state index is 0.0194. The van der Waals surface area contributed by atoms with Crippen molar-refractivity contribution in [1.29, 1.82) is 0 Å². The van der Waals surface area contributed by atoms with Gasteiger partial charge in [0.1, 0.15) is 11.9 Å². The third-order valence-corrected chi connectivity index (χ3v) is 5.97. The number of nitro groups is 1. The summed E-state index contributed by atoms with van der Waals surface area (Å²) in [6, 6.07) is 11.5. The summed E-state index contributed by atoms with van der Waals surface area (Å²) in [7, 11) is 4.08. The summed E-state index contributed by atoms with van der Waals surface area (Å²) in [6.45, 7) is 0.869. The molecule has 0 saturated heterocycles. The van der Waals surface area contributed by atoms with Crippen molar-refractivity contribution < 1.29 is 18.8 Å². The zero-order valence-electron chi connectivity index (χ0n) is 18.1. The summed E-state index contributed by atoms with van der Waals surface area (Å²) < 4.78 is 19.9. The van der Waals surface area contributed by atoms with Crippen LogP contribution in [0.4, 0.5) is 10.1 Å². The third-order valence-electron chi connectivity index (χ3n) is 5.97. The molecular formula is C24H29FN2O4. The molecule has 166 valence electrons. The monoisotopic (exact) mass is 428 g/mol. The quantitative estimate of drug-likeness (QED) is 0.314. The summed E-state index contributed by atoms with van der Waals surface area (Å²) in [5.74, 6) is -0.945. The van der Waals surface area contributed by atoms with E-state index in [0.29, 0.717) is 12.0 Å². The predicted octanol–water partition coefficient (Wildman–Crippen LogP) is 5.53. The minimum atomic E-state index is -0.601. The lowest BCUT2D eigenvalue weighted by molar-refractivity contribution is -0.384. The van der Waals surface area contributed by atoms with Crippen LogP contribution < -0.4 is 0 Å². The van der Waals surface area contributed by atoms with E-state index in [1.807, 2.05) is 14.1 Å². The van der Waals surface area contributed by atoms with Crippen molar-refractivity contribution in [3.8, 4) is 0 Å². The van der Waals surface area contributed by atoms with Crippen LogP contribution in [0.15, 0.2) is 48.5 Å². The summed E-state index contributed by atoms with van der Waals surface area (Å²) in [6.07, 6.45) is 5.52. The maximum atomic E-state index is 14.0. The average molecular weight is 429 g/mol. The van der Waals surface area contributed by atoms with Crippen molar-refractivity contribution in [1.82, 2.24) is 4.90 Å². The first-order valence-corrected chi connectivity index (χ1v) is 10.6. The van der Waals surface area contributed by atoms with Crippen LogP contribution in [0.25, 0.3) is 0 Å². The van der Waals surface area contributed by atoms with E-state index in [1.165, 1.54) is 42.8 Å². The predicted molar refractivity (Wildman–Crippen MR) is 116 cm³/mol. The van der Waals surface area contributed by atoms with Crippen molar-refractivity contribution in [2.45, 2.75) is 44.6 Å². The van der Waals surface area contributed by atoms with Gasteiger partial charge in [0, 0.05) is 18.7 Å². The van der Waals surface area contributed by atoms with Gasteiger partial charge in [0.2, 0.25) is 0 Å². The molecule has 0 N–H and O–H groups in total. The molecule has 2 aromatic carbocycles. The molecule has 1 aliphatic carbocycles. The molecule has 0 spiro atoms. The minimum Gasteiger partial charge on any atom is -0.454 e. The Morgan fingerprint density at radius 2 is 1.84 bits per heavy atom. The van der Waals surface area contributed by atoms with Crippen molar-refractivity contribution in [3.05, 3.63) is 75.6 Å². The Labute approximate surface area is 182 Å². The maximum absolute atomic E-state index is 14.0. The molecular weight excluding hydrogens is 399 g/mol. The molecule has 0 aliphatic heterocycles. The van der Waals surface area contributed by atoms with Gasteiger partial charge in [-0.05, 0) is 68.6 Å². The third kappa shape index (κ3) is 6.10. The molecule has 1 aliphatic rings. The topological polar surface area (TPSA) is 72.7 Å². The molecule has 3 rings (SSSR count). The maximum Gasteiger partial charge on any atom is 0.338 e. The zero-order chi connectivity index (χ0) is 22.4. The van der Waals surface area contributed by atoms with Crippen LogP contribution in [0, 0.1) is 21.3 Å². The molecule has 1 atom stereocenters. The SMILES string of the molecule is CN(C)CC1(C[C@H](OC(=O)c2ccc([N+](=O)[O-])cc2)c2cccc(F)c2)CCCCC1. The number of hydrogen-bond acceptors (Lipinski definition) is 5. The Morgan fingerprint density at radius 1 is 1.16 bits per heavy atom. The van der Waals surface area contributed by atoms with Crippen LogP contribution in [-0.2, 0) is 4.74 Å². The standard InChI is InChI=1S/C24H29FN2O4/c1-26(2)17-24(13-4-3-5-14-24)16-22(19-7-6-8-20(25)15-19)31-23(28)18-9-11-21(12-10-18)27(29)30/h6-12,15,22H,3-5,13-14,16-17H2,1-2H3/t22-/m0/s1. The first-order chi connectivity index (χ1) is 14.8. The number of ether oxygens (including phenoxy) is 1. The van der Waals surface area contributed by atoms with Crippen LogP contribution in [0.3, 0.4) is 0 Å². The Balaban J connectivity index is 1.87. The van der Waals surface area contributed by atoms with Crippen LogP contribution >= 0.6 is 0 Å². The van der Waals surface area contributed by atoms with Gasteiger partial charge in [-0.15, -0.1) is 0 Å². The molecule has 6 nitrogen and oxygen atoms in total. The van der Waals surface area contributed by atoms with Crippen molar-refractivity contribution in [2.24, 2.45) is 5.41 Å². The fourth-order valence-corrected chi connectivity index (χ4v) is 4.64. The molecule has 2 aromatic rings. The normalized spacial score (nSPS) is 16.6. The van der Waals surface area contributed by atoms with E-state index in [2.05, 4.69) is 4.90 Å². The number of benzene rings is 2. The Morgan fingerprint density at radius 3 is 2.42 bits per heavy atom. The van der Waals surface area contributed by atoms with E-state index < -0.39 is 17.0 Å². The first kappa shape index (κ1) is 22.9. The molecule has 0 unspecified atom stereocenters. The highest BCUT2D eigenvalue weighted by Gasteiger charge is 2.37. The molecule has 0 amide bonds.